The largest absolute Gasteiger partial charge is 0.416 e. The molecular weight excluding hydrogens is 321 g/mol. The van der Waals surface area contributed by atoms with Crippen molar-refractivity contribution in [3.8, 4) is 0 Å². The molecule has 2 rings (SSSR count). The number of rotatable bonds is 7. The summed E-state index contributed by atoms with van der Waals surface area (Å²) in [5, 5.41) is 15.9. The molecule has 0 aromatic heterocycles. The van der Waals surface area contributed by atoms with E-state index in [4.69, 9.17) is 0 Å². The van der Waals surface area contributed by atoms with E-state index in [-0.39, 0.29) is 18.0 Å². The average Bonchev–Trinajstić information content (AvgIpc) is 2.49. The molecule has 1 aliphatic carbocycles. The van der Waals surface area contributed by atoms with Crippen LogP contribution in [0.15, 0.2) is 24.3 Å². The second kappa shape index (κ2) is 7.53. The van der Waals surface area contributed by atoms with E-state index in [0.717, 1.165) is 25.3 Å². The fourth-order valence-electron chi connectivity index (χ4n) is 3.04. The van der Waals surface area contributed by atoms with Gasteiger partial charge in [0.2, 0.25) is 5.91 Å². The lowest BCUT2D eigenvalue weighted by atomic mass is 9.68. The SMILES string of the molecule is CCNC(=O)C1(CNCC(O)c2ccccc2C(F)(F)F)CCC1. The number of alkyl halides is 3. The van der Waals surface area contributed by atoms with Crippen molar-refractivity contribution >= 4 is 5.91 Å². The molecule has 134 valence electrons. The molecule has 7 heteroatoms. The smallest absolute Gasteiger partial charge is 0.387 e. The number of nitrogens with one attached hydrogen (secondary N) is 2. The van der Waals surface area contributed by atoms with Crippen LogP contribution in [0.2, 0.25) is 0 Å². The van der Waals surface area contributed by atoms with Gasteiger partial charge in [0.25, 0.3) is 0 Å². The molecule has 1 aromatic carbocycles. The Labute approximate surface area is 139 Å². The summed E-state index contributed by atoms with van der Waals surface area (Å²) in [6, 6.07) is 5.00. The normalized spacial score (nSPS) is 17.9. The van der Waals surface area contributed by atoms with Gasteiger partial charge in [0, 0.05) is 19.6 Å². The highest BCUT2D eigenvalue weighted by molar-refractivity contribution is 5.83. The lowest BCUT2D eigenvalue weighted by Gasteiger charge is -2.40. The van der Waals surface area contributed by atoms with Gasteiger partial charge in [0.15, 0.2) is 0 Å². The van der Waals surface area contributed by atoms with Crippen LogP contribution in [-0.2, 0) is 11.0 Å². The molecule has 0 spiro atoms. The van der Waals surface area contributed by atoms with Crippen LogP contribution in [0.3, 0.4) is 0 Å². The number of carbonyl (C=O) groups is 1. The number of hydrogen-bond donors (Lipinski definition) is 3. The van der Waals surface area contributed by atoms with E-state index < -0.39 is 23.3 Å². The van der Waals surface area contributed by atoms with Crippen molar-refractivity contribution in [2.45, 2.75) is 38.5 Å². The van der Waals surface area contributed by atoms with Gasteiger partial charge < -0.3 is 15.7 Å². The maximum Gasteiger partial charge on any atom is 0.416 e. The summed E-state index contributed by atoms with van der Waals surface area (Å²) in [5.41, 5.74) is -1.49. The second-order valence-corrected chi connectivity index (χ2v) is 6.23. The summed E-state index contributed by atoms with van der Waals surface area (Å²) in [6.07, 6.45) is -3.33. The first-order valence-corrected chi connectivity index (χ1v) is 8.13. The van der Waals surface area contributed by atoms with Crippen LogP contribution in [0.5, 0.6) is 0 Å². The summed E-state index contributed by atoms with van der Waals surface area (Å²) in [7, 11) is 0. The third kappa shape index (κ3) is 4.08. The van der Waals surface area contributed by atoms with E-state index in [1.54, 1.807) is 0 Å². The monoisotopic (exact) mass is 344 g/mol. The van der Waals surface area contributed by atoms with Crippen LogP contribution in [-0.4, -0.2) is 30.6 Å². The summed E-state index contributed by atoms with van der Waals surface area (Å²) in [4.78, 5) is 12.1. The molecule has 4 nitrogen and oxygen atoms in total. The Kier molecular flexibility index (Phi) is 5.87. The fourth-order valence-corrected chi connectivity index (χ4v) is 3.04. The Morgan fingerprint density at radius 2 is 2.00 bits per heavy atom. The minimum atomic E-state index is -4.51. The third-order valence-corrected chi connectivity index (χ3v) is 4.56. The second-order valence-electron chi connectivity index (χ2n) is 6.23. The number of hydrogen-bond acceptors (Lipinski definition) is 3. The Bertz CT molecular complexity index is 571. The van der Waals surface area contributed by atoms with E-state index in [0.29, 0.717) is 13.1 Å². The zero-order valence-corrected chi connectivity index (χ0v) is 13.6. The molecular formula is C17H23F3N2O2. The molecule has 0 heterocycles. The summed E-state index contributed by atoms with van der Waals surface area (Å²) in [5.74, 6) is -0.0334. The Hall–Kier alpha value is -1.60. The molecule has 24 heavy (non-hydrogen) atoms. The highest BCUT2D eigenvalue weighted by Crippen LogP contribution is 2.40. The first kappa shape index (κ1) is 18.7. The highest BCUT2D eigenvalue weighted by atomic mass is 19.4. The molecule has 0 saturated heterocycles. The van der Waals surface area contributed by atoms with Crippen molar-refractivity contribution in [2.75, 3.05) is 19.6 Å². The molecule has 1 aromatic rings. The molecule has 1 amide bonds. The first-order chi connectivity index (χ1) is 11.3. The molecule has 0 aliphatic heterocycles. The third-order valence-electron chi connectivity index (χ3n) is 4.56. The van der Waals surface area contributed by atoms with E-state index in [1.807, 2.05) is 6.92 Å². The molecule has 0 bridgehead atoms. The molecule has 1 aliphatic rings. The van der Waals surface area contributed by atoms with Crippen LogP contribution in [0.25, 0.3) is 0 Å². The van der Waals surface area contributed by atoms with Crippen LogP contribution < -0.4 is 10.6 Å². The van der Waals surface area contributed by atoms with Gasteiger partial charge >= 0.3 is 6.18 Å². The van der Waals surface area contributed by atoms with Crippen molar-refractivity contribution in [1.82, 2.24) is 10.6 Å². The van der Waals surface area contributed by atoms with E-state index in [9.17, 15) is 23.1 Å². The highest BCUT2D eigenvalue weighted by Gasteiger charge is 2.43. The molecule has 0 radical (unpaired) electrons. The van der Waals surface area contributed by atoms with E-state index in [2.05, 4.69) is 10.6 Å². The summed E-state index contributed by atoms with van der Waals surface area (Å²) >= 11 is 0. The van der Waals surface area contributed by atoms with Crippen molar-refractivity contribution in [2.24, 2.45) is 5.41 Å². The Morgan fingerprint density at radius 3 is 2.54 bits per heavy atom. The number of aliphatic hydroxyl groups is 1. The van der Waals surface area contributed by atoms with Gasteiger partial charge in [-0.1, -0.05) is 24.6 Å². The van der Waals surface area contributed by atoms with Gasteiger partial charge in [0.05, 0.1) is 17.1 Å². The Morgan fingerprint density at radius 1 is 1.33 bits per heavy atom. The molecule has 1 unspecified atom stereocenters. The van der Waals surface area contributed by atoms with Gasteiger partial charge in [-0.25, -0.2) is 0 Å². The summed E-state index contributed by atoms with van der Waals surface area (Å²) < 4.78 is 39.0. The predicted octanol–water partition coefficient (Wildman–Crippen LogP) is 2.63. The molecule has 1 fully saturated rings. The number of halogens is 3. The van der Waals surface area contributed by atoms with Crippen molar-refractivity contribution in [3.05, 3.63) is 35.4 Å². The minimum absolute atomic E-state index is 0.0334. The van der Waals surface area contributed by atoms with Crippen molar-refractivity contribution < 1.29 is 23.1 Å². The molecule has 3 N–H and O–H groups in total. The van der Waals surface area contributed by atoms with Crippen LogP contribution in [0.4, 0.5) is 13.2 Å². The first-order valence-electron chi connectivity index (χ1n) is 8.13. The number of aliphatic hydroxyl groups excluding tert-OH is 1. The standard InChI is InChI=1S/C17H23F3N2O2/c1-2-22-15(24)16(8-5-9-16)11-21-10-14(23)12-6-3-4-7-13(12)17(18,19)20/h3-4,6-7,14,21,23H,2,5,8-11H2,1H3,(H,22,24). The molecule has 1 atom stereocenters. The quantitative estimate of drug-likeness (QED) is 0.713. The average molecular weight is 344 g/mol. The Balaban J connectivity index is 1.97. The maximum atomic E-state index is 13.0. The summed E-state index contributed by atoms with van der Waals surface area (Å²) in [6.45, 7) is 2.70. The van der Waals surface area contributed by atoms with Crippen molar-refractivity contribution in [1.29, 1.82) is 0 Å². The van der Waals surface area contributed by atoms with Gasteiger partial charge in [0.1, 0.15) is 0 Å². The van der Waals surface area contributed by atoms with Gasteiger partial charge in [-0.3, -0.25) is 4.79 Å². The zero-order chi connectivity index (χ0) is 17.8. The number of benzene rings is 1. The van der Waals surface area contributed by atoms with Gasteiger partial charge in [-0.2, -0.15) is 13.2 Å². The lowest BCUT2D eigenvalue weighted by molar-refractivity contribution is -0.139. The van der Waals surface area contributed by atoms with Gasteiger partial charge in [-0.15, -0.1) is 0 Å². The number of carbonyl (C=O) groups excluding carboxylic acids is 1. The van der Waals surface area contributed by atoms with Crippen LogP contribution in [0.1, 0.15) is 43.4 Å². The fraction of sp³-hybridized carbons (Fsp3) is 0.588. The predicted molar refractivity (Wildman–Crippen MR) is 84.2 cm³/mol. The van der Waals surface area contributed by atoms with Crippen LogP contribution >= 0.6 is 0 Å². The molecule has 1 saturated carbocycles. The van der Waals surface area contributed by atoms with E-state index in [1.165, 1.54) is 18.2 Å². The topological polar surface area (TPSA) is 61.4 Å². The lowest BCUT2D eigenvalue weighted by Crippen LogP contribution is -2.51. The van der Waals surface area contributed by atoms with Gasteiger partial charge in [-0.05, 0) is 31.4 Å². The zero-order valence-electron chi connectivity index (χ0n) is 13.6. The number of amides is 1. The van der Waals surface area contributed by atoms with Crippen molar-refractivity contribution in [3.63, 3.8) is 0 Å². The van der Waals surface area contributed by atoms with E-state index >= 15 is 0 Å². The maximum absolute atomic E-state index is 13.0. The minimum Gasteiger partial charge on any atom is -0.387 e. The van der Waals surface area contributed by atoms with Crippen LogP contribution in [0, 0.1) is 5.41 Å².